The third-order valence-electron chi connectivity index (χ3n) is 3.07. The van der Waals surface area contributed by atoms with Gasteiger partial charge >= 0.3 is 0 Å². The molecule has 2 aromatic carbocycles. The molecule has 2 rings (SSSR count). The van der Waals surface area contributed by atoms with Crippen molar-refractivity contribution >= 4 is 17.5 Å². The SMILES string of the molecule is Cc1cc(Cl)ccc1OCCNC(=O)Cc1cccc(F)c1. The minimum Gasteiger partial charge on any atom is -0.491 e. The van der Waals surface area contributed by atoms with Gasteiger partial charge in [-0.05, 0) is 48.4 Å². The highest BCUT2D eigenvalue weighted by atomic mass is 35.5. The van der Waals surface area contributed by atoms with Gasteiger partial charge in [0.25, 0.3) is 0 Å². The molecule has 0 aliphatic heterocycles. The monoisotopic (exact) mass is 321 g/mol. The van der Waals surface area contributed by atoms with Crippen molar-refractivity contribution in [2.24, 2.45) is 0 Å². The molecular formula is C17H17ClFNO2. The number of hydrogen-bond acceptors (Lipinski definition) is 2. The second-order valence-corrected chi connectivity index (χ2v) is 5.35. The maximum atomic E-state index is 13.0. The minimum absolute atomic E-state index is 0.151. The molecule has 0 aliphatic rings. The fourth-order valence-corrected chi connectivity index (χ4v) is 2.25. The minimum atomic E-state index is -0.341. The van der Waals surface area contributed by atoms with E-state index < -0.39 is 0 Å². The molecule has 3 nitrogen and oxygen atoms in total. The Balaban J connectivity index is 1.73. The van der Waals surface area contributed by atoms with E-state index >= 15 is 0 Å². The van der Waals surface area contributed by atoms with Gasteiger partial charge in [-0.3, -0.25) is 4.79 Å². The standard InChI is InChI=1S/C17H17ClFNO2/c1-12-9-14(18)5-6-16(12)22-8-7-20-17(21)11-13-3-2-4-15(19)10-13/h2-6,9-10H,7-8,11H2,1H3,(H,20,21). The third-order valence-corrected chi connectivity index (χ3v) is 3.31. The van der Waals surface area contributed by atoms with Crippen LogP contribution in [-0.2, 0) is 11.2 Å². The van der Waals surface area contributed by atoms with Crippen molar-refractivity contribution < 1.29 is 13.9 Å². The van der Waals surface area contributed by atoms with Crippen molar-refractivity contribution in [3.63, 3.8) is 0 Å². The lowest BCUT2D eigenvalue weighted by Crippen LogP contribution is -2.29. The van der Waals surface area contributed by atoms with Gasteiger partial charge in [0.1, 0.15) is 18.2 Å². The summed E-state index contributed by atoms with van der Waals surface area (Å²) in [6, 6.07) is 11.4. The van der Waals surface area contributed by atoms with E-state index in [9.17, 15) is 9.18 Å². The van der Waals surface area contributed by atoms with Crippen molar-refractivity contribution in [3.8, 4) is 5.75 Å². The highest BCUT2D eigenvalue weighted by Gasteiger charge is 2.04. The molecule has 1 amide bonds. The maximum Gasteiger partial charge on any atom is 0.224 e. The number of amides is 1. The third kappa shape index (κ3) is 5.04. The first-order valence-corrected chi connectivity index (χ1v) is 7.32. The molecule has 0 atom stereocenters. The topological polar surface area (TPSA) is 38.3 Å². The molecular weight excluding hydrogens is 305 g/mol. The Morgan fingerprint density at radius 1 is 1.27 bits per heavy atom. The Labute approximate surface area is 134 Å². The number of aryl methyl sites for hydroxylation is 1. The van der Waals surface area contributed by atoms with Crippen LogP contribution in [0.5, 0.6) is 5.75 Å². The van der Waals surface area contributed by atoms with Crippen LogP contribution >= 0.6 is 11.6 Å². The Hall–Kier alpha value is -2.07. The normalized spacial score (nSPS) is 10.3. The van der Waals surface area contributed by atoms with Crippen LogP contribution in [0, 0.1) is 12.7 Å². The molecule has 0 aromatic heterocycles. The van der Waals surface area contributed by atoms with Gasteiger partial charge in [0.2, 0.25) is 5.91 Å². The van der Waals surface area contributed by atoms with Gasteiger partial charge in [-0.25, -0.2) is 4.39 Å². The first-order chi connectivity index (χ1) is 10.5. The Morgan fingerprint density at radius 2 is 2.09 bits per heavy atom. The summed E-state index contributed by atoms with van der Waals surface area (Å²) < 4.78 is 18.6. The second kappa shape index (κ2) is 7.80. The Bertz CT molecular complexity index is 661. The highest BCUT2D eigenvalue weighted by Crippen LogP contribution is 2.21. The summed E-state index contributed by atoms with van der Waals surface area (Å²) in [7, 11) is 0. The summed E-state index contributed by atoms with van der Waals surface area (Å²) in [6.07, 6.45) is 0.151. The van der Waals surface area contributed by atoms with Gasteiger partial charge in [-0.1, -0.05) is 23.7 Å². The van der Waals surface area contributed by atoms with Crippen LogP contribution in [0.25, 0.3) is 0 Å². The molecule has 0 saturated heterocycles. The average molecular weight is 322 g/mol. The van der Waals surface area contributed by atoms with Gasteiger partial charge < -0.3 is 10.1 Å². The van der Waals surface area contributed by atoms with E-state index in [4.69, 9.17) is 16.3 Å². The summed E-state index contributed by atoms with van der Waals surface area (Å²) in [5.41, 5.74) is 1.59. The lowest BCUT2D eigenvalue weighted by Gasteiger charge is -2.10. The summed E-state index contributed by atoms with van der Waals surface area (Å²) in [5, 5.41) is 3.40. The lowest BCUT2D eigenvalue weighted by molar-refractivity contribution is -0.120. The number of benzene rings is 2. The quantitative estimate of drug-likeness (QED) is 0.827. The zero-order valence-corrected chi connectivity index (χ0v) is 13.0. The first kappa shape index (κ1) is 16.3. The molecule has 0 fully saturated rings. The number of halogens is 2. The lowest BCUT2D eigenvalue weighted by atomic mass is 10.1. The van der Waals surface area contributed by atoms with Crippen molar-refractivity contribution in [3.05, 3.63) is 64.4 Å². The summed E-state index contributed by atoms with van der Waals surface area (Å²) >= 11 is 5.87. The van der Waals surface area contributed by atoms with Crippen LogP contribution in [0.4, 0.5) is 4.39 Å². The first-order valence-electron chi connectivity index (χ1n) is 6.94. The van der Waals surface area contributed by atoms with E-state index in [1.807, 2.05) is 13.0 Å². The molecule has 22 heavy (non-hydrogen) atoms. The molecule has 116 valence electrons. The van der Waals surface area contributed by atoms with Crippen LogP contribution < -0.4 is 10.1 Å². The zero-order chi connectivity index (χ0) is 15.9. The van der Waals surface area contributed by atoms with Crippen LogP contribution in [0.1, 0.15) is 11.1 Å². The number of carbonyl (C=O) groups is 1. The second-order valence-electron chi connectivity index (χ2n) is 4.91. The summed E-state index contributed by atoms with van der Waals surface area (Å²) in [5.74, 6) is 0.234. The fraction of sp³-hybridized carbons (Fsp3) is 0.235. The van der Waals surface area contributed by atoms with Crippen molar-refractivity contribution in [2.45, 2.75) is 13.3 Å². The predicted molar refractivity (Wildman–Crippen MR) is 84.8 cm³/mol. The molecule has 0 heterocycles. The fourth-order valence-electron chi connectivity index (χ4n) is 2.02. The molecule has 2 aromatic rings. The molecule has 0 spiro atoms. The van der Waals surface area contributed by atoms with Crippen LogP contribution in [0.15, 0.2) is 42.5 Å². The van der Waals surface area contributed by atoms with E-state index in [0.29, 0.717) is 23.7 Å². The van der Waals surface area contributed by atoms with Gasteiger partial charge in [0, 0.05) is 5.02 Å². The van der Waals surface area contributed by atoms with E-state index in [0.717, 1.165) is 11.3 Å². The smallest absolute Gasteiger partial charge is 0.224 e. The van der Waals surface area contributed by atoms with E-state index in [2.05, 4.69) is 5.32 Å². The van der Waals surface area contributed by atoms with Crippen molar-refractivity contribution in [2.75, 3.05) is 13.2 Å². The molecule has 0 aliphatic carbocycles. The van der Waals surface area contributed by atoms with Gasteiger partial charge in [-0.2, -0.15) is 0 Å². The number of carbonyl (C=O) groups excluding carboxylic acids is 1. The Kier molecular flexibility index (Phi) is 5.78. The van der Waals surface area contributed by atoms with Gasteiger partial charge in [-0.15, -0.1) is 0 Å². The number of nitrogens with one attached hydrogen (secondary N) is 1. The molecule has 0 saturated carbocycles. The number of ether oxygens (including phenoxy) is 1. The molecule has 0 unspecified atom stereocenters. The van der Waals surface area contributed by atoms with Gasteiger partial charge in [0.05, 0.1) is 13.0 Å². The maximum absolute atomic E-state index is 13.0. The predicted octanol–water partition coefficient (Wildman–Crippen LogP) is 3.53. The van der Waals surface area contributed by atoms with E-state index in [1.165, 1.54) is 12.1 Å². The highest BCUT2D eigenvalue weighted by molar-refractivity contribution is 6.30. The number of rotatable bonds is 6. The number of hydrogen-bond donors (Lipinski definition) is 1. The van der Waals surface area contributed by atoms with Crippen molar-refractivity contribution in [1.29, 1.82) is 0 Å². The molecule has 5 heteroatoms. The summed E-state index contributed by atoms with van der Waals surface area (Å²) in [4.78, 5) is 11.7. The molecule has 0 radical (unpaired) electrons. The van der Waals surface area contributed by atoms with Crippen LogP contribution in [0.3, 0.4) is 0 Å². The Morgan fingerprint density at radius 3 is 2.82 bits per heavy atom. The largest absolute Gasteiger partial charge is 0.491 e. The van der Waals surface area contributed by atoms with Crippen LogP contribution in [0.2, 0.25) is 5.02 Å². The molecule has 0 bridgehead atoms. The summed E-state index contributed by atoms with van der Waals surface area (Å²) in [6.45, 7) is 2.65. The van der Waals surface area contributed by atoms with E-state index in [-0.39, 0.29) is 18.1 Å². The van der Waals surface area contributed by atoms with Crippen LogP contribution in [-0.4, -0.2) is 19.1 Å². The molecule has 1 N–H and O–H groups in total. The van der Waals surface area contributed by atoms with E-state index in [1.54, 1.807) is 24.3 Å². The zero-order valence-electron chi connectivity index (χ0n) is 12.2. The average Bonchev–Trinajstić information content (AvgIpc) is 2.45. The van der Waals surface area contributed by atoms with Gasteiger partial charge in [0.15, 0.2) is 0 Å². The van der Waals surface area contributed by atoms with Crippen molar-refractivity contribution in [1.82, 2.24) is 5.32 Å².